The van der Waals surface area contributed by atoms with E-state index in [1.54, 1.807) is 12.1 Å². The SMILES string of the molecule is CNC(CCC(C)(C)C)c1ccc(F)c(Cl)c1. The van der Waals surface area contributed by atoms with Crippen LogP contribution < -0.4 is 5.32 Å². The van der Waals surface area contributed by atoms with Crippen molar-refractivity contribution >= 4 is 11.6 Å². The minimum absolute atomic E-state index is 0.193. The Morgan fingerprint density at radius 1 is 1.35 bits per heavy atom. The Morgan fingerprint density at radius 3 is 2.47 bits per heavy atom. The maximum Gasteiger partial charge on any atom is 0.141 e. The van der Waals surface area contributed by atoms with E-state index >= 15 is 0 Å². The molecule has 1 nitrogen and oxygen atoms in total. The molecule has 1 N–H and O–H groups in total. The van der Waals surface area contributed by atoms with E-state index in [0.29, 0.717) is 5.41 Å². The van der Waals surface area contributed by atoms with Gasteiger partial charge in [0.25, 0.3) is 0 Å². The van der Waals surface area contributed by atoms with Gasteiger partial charge in [-0.2, -0.15) is 0 Å². The van der Waals surface area contributed by atoms with Crippen LogP contribution >= 0.6 is 11.6 Å². The van der Waals surface area contributed by atoms with E-state index in [9.17, 15) is 4.39 Å². The summed E-state index contributed by atoms with van der Waals surface area (Å²) in [5, 5.41) is 3.45. The van der Waals surface area contributed by atoms with Crippen LogP contribution in [0.2, 0.25) is 5.02 Å². The van der Waals surface area contributed by atoms with Crippen molar-refractivity contribution in [1.82, 2.24) is 5.32 Å². The lowest BCUT2D eigenvalue weighted by Crippen LogP contribution is -2.19. The van der Waals surface area contributed by atoms with E-state index in [2.05, 4.69) is 26.1 Å². The normalized spacial score (nSPS) is 13.8. The smallest absolute Gasteiger partial charge is 0.141 e. The van der Waals surface area contributed by atoms with Gasteiger partial charge in [0.2, 0.25) is 0 Å². The molecule has 17 heavy (non-hydrogen) atoms. The highest BCUT2D eigenvalue weighted by atomic mass is 35.5. The molecule has 0 aromatic heterocycles. The fourth-order valence-corrected chi connectivity index (χ4v) is 1.97. The molecule has 1 aromatic rings. The number of benzene rings is 1. The molecule has 0 saturated heterocycles. The van der Waals surface area contributed by atoms with E-state index < -0.39 is 0 Å². The van der Waals surface area contributed by atoms with Crippen LogP contribution in [-0.2, 0) is 0 Å². The average molecular weight is 258 g/mol. The number of nitrogens with one attached hydrogen (secondary N) is 1. The summed E-state index contributed by atoms with van der Waals surface area (Å²) in [6.07, 6.45) is 2.12. The van der Waals surface area contributed by atoms with E-state index in [1.807, 2.05) is 7.05 Å². The predicted molar refractivity (Wildman–Crippen MR) is 71.9 cm³/mol. The molecule has 0 radical (unpaired) electrons. The lowest BCUT2D eigenvalue weighted by Gasteiger charge is -2.23. The van der Waals surface area contributed by atoms with Crippen LogP contribution in [0.1, 0.15) is 45.2 Å². The Bertz CT molecular complexity index is 371. The van der Waals surface area contributed by atoms with Crippen LogP contribution in [0.15, 0.2) is 18.2 Å². The molecule has 0 spiro atoms. The number of halogens is 2. The zero-order chi connectivity index (χ0) is 13.1. The Labute approximate surface area is 108 Å². The van der Waals surface area contributed by atoms with Gasteiger partial charge < -0.3 is 5.32 Å². The first-order valence-electron chi connectivity index (χ1n) is 5.96. The third-order valence-corrected chi connectivity index (χ3v) is 3.17. The molecule has 0 aliphatic carbocycles. The lowest BCUT2D eigenvalue weighted by molar-refractivity contribution is 0.338. The highest BCUT2D eigenvalue weighted by Crippen LogP contribution is 2.28. The van der Waals surface area contributed by atoms with Gasteiger partial charge in [0.1, 0.15) is 5.82 Å². The van der Waals surface area contributed by atoms with Crippen LogP contribution in [0.25, 0.3) is 0 Å². The van der Waals surface area contributed by atoms with E-state index in [-0.39, 0.29) is 16.9 Å². The summed E-state index contributed by atoms with van der Waals surface area (Å²) >= 11 is 5.80. The Kier molecular flexibility index (Phi) is 4.96. The number of hydrogen-bond acceptors (Lipinski definition) is 1. The third-order valence-electron chi connectivity index (χ3n) is 2.88. The largest absolute Gasteiger partial charge is 0.313 e. The van der Waals surface area contributed by atoms with Gasteiger partial charge in [-0.05, 0) is 43.0 Å². The van der Waals surface area contributed by atoms with Crippen LogP contribution in [-0.4, -0.2) is 7.05 Å². The first-order chi connectivity index (χ1) is 7.83. The quantitative estimate of drug-likeness (QED) is 0.833. The molecular formula is C14H21ClFN. The van der Waals surface area contributed by atoms with Gasteiger partial charge in [0.05, 0.1) is 5.02 Å². The Balaban J connectivity index is 2.76. The summed E-state index contributed by atoms with van der Waals surface area (Å²) in [7, 11) is 1.92. The summed E-state index contributed by atoms with van der Waals surface area (Å²) in [5.74, 6) is -0.360. The molecule has 1 rings (SSSR count). The van der Waals surface area contributed by atoms with Crippen molar-refractivity contribution in [2.24, 2.45) is 5.41 Å². The fourth-order valence-electron chi connectivity index (χ4n) is 1.78. The molecule has 0 saturated carbocycles. The average Bonchev–Trinajstić information content (AvgIpc) is 2.22. The van der Waals surface area contributed by atoms with Crippen molar-refractivity contribution in [3.8, 4) is 0 Å². The molecule has 0 fully saturated rings. The number of rotatable bonds is 4. The standard InChI is InChI=1S/C14H21ClFN/c1-14(2,3)8-7-13(17-4)10-5-6-12(16)11(15)9-10/h5-6,9,13,17H,7-8H2,1-4H3. The maximum absolute atomic E-state index is 13.1. The molecule has 0 bridgehead atoms. The molecule has 1 aromatic carbocycles. The van der Waals surface area contributed by atoms with Gasteiger partial charge in [-0.25, -0.2) is 4.39 Å². The van der Waals surface area contributed by atoms with Crippen molar-refractivity contribution in [3.05, 3.63) is 34.6 Å². The van der Waals surface area contributed by atoms with Crippen molar-refractivity contribution in [1.29, 1.82) is 0 Å². The Hall–Kier alpha value is -0.600. The van der Waals surface area contributed by atoms with Crippen LogP contribution in [0.4, 0.5) is 4.39 Å². The summed E-state index contributed by atoms with van der Waals surface area (Å²) < 4.78 is 13.1. The zero-order valence-corrected chi connectivity index (χ0v) is 11.7. The van der Waals surface area contributed by atoms with Crippen molar-refractivity contribution < 1.29 is 4.39 Å². The van der Waals surface area contributed by atoms with Gasteiger partial charge in [-0.3, -0.25) is 0 Å². The molecule has 0 heterocycles. The monoisotopic (exact) mass is 257 g/mol. The molecule has 0 amide bonds. The van der Waals surface area contributed by atoms with E-state index in [4.69, 9.17) is 11.6 Å². The lowest BCUT2D eigenvalue weighted by atomic mass is 9.87. The maximum atomic E-state index is 13.1. The van der Waals surface area contributed by atoms with Gasteiger partial charge in [-0.1, -0.05) is 38.4 Å². The van der Waals surface area contributed by atoms with E-state index in [1.165, 1.54) is 6.07 Å². The minimum atomic E-state index is -0.360. The van der Waals surface area contributed by atoms with Gasteiger partial charge >= 0.3 is 0 Å². The number of hydrogen-bond donors (Lipinski definition) is 1. The van der Waals surface area contributed by atoms with Crippen LogP contribution in [0, 0.1) is 11.2 Å². The second-order valence-corrected chi connectivity index (χ2v) is 6.02. The molecule has 0 aliphatic rings. The second-order valence-electron chi connectivity index (χ2n) is 5.61. The van der Waals surface area contributed by atoms with Crippen LogP contribution in [0.3, 0.4) is 0 Å². The van der Waals surface area contributed by atoms with Gasteiger partial charge in [-0.15, -0.1) is 0 Å². The molecule has 0 aliphatic heterocycles. The first kappa shape index (κ1) is 14.5. The molecule has 1 atom stereocenters. The van der Waals surface area contributed by atoms with E-state index in [0.717, 1.165) is 18.4 Å². The molecular weight excluding hydrogens is 237 g/mol. The van der Waals surface area contributed by atoms with Gasteiger partial charge in [0.15, 0.2) is 0 Å². The molecule has 96 valence electrons. The predicted octanol–water partition coefficient (Wildman–Crippen LogP) is 4.57. The molecule has 1 unspecified atom stereocenters. The van der Waals surface area contributed by atoms with Crippen molar-refractivity contribution in [2.45, 2.75) is 39.7 Å². The highest BCUT2D eigenvalue weighted by molar-refractivity contribution is 6.30. The zero-order valence-electron chi connectivity index (χ0n) is 11.0. The minimum Gasteiger partial charge on any atom is -0.313 e. The summed E-state index contributed by atoms with van der Waals surface area (Å²) in [4.78, 5) is 0. The molecule has 3 heteroatoms. The third kappa shape index (κ3) is 4.64. The Morgan fingerprint density at radius 2 is 2.00 bits per heavy atom. The topological polar surface area (TPSA) is 12.0 Å². The van der Waals surface area contributed by atoms with Crippen LogP contribution in [0.5, 0.6) is 0 Å². The van der Waals surface area contributed by atoms with Crippen molar-refractivity contribution in [2.75, 3.05) is 7.05 Å². The summed E-state index contributed by atoms with van der Waals surface area (Å²) in [6.45, 7) is 6.66. The summed E-state index contributed by atoms with van der Waals surface area (Å²) in [6, 6.07) is 5.16. The second kappa shape index (κ2) is 5.83. The first-order valence-corrected chi connectivity index (χ1v) is 6.33. The van der Waals surface area contributed by atoms with Gasteiger partial charge in [0, 0.05) is 6.04 Å². The fraction of sp³-hybridized carbons (Fsp3) is 0.571. The highest BCUT2D eigenvalue weighted by Gasteiger charge is 2.16. The summed E-state index contributed by atoms with van der Waals surface area (Å²) in [5.41, 5.74) is 1.35. The van der Waals surface area contributed by atoms with Crippen molar-refractivity contribution in [3.63, 3.8) is 0 Å².